The Morgan fingerprint density at radius 1 is 1.24 bits per heavy atom. The minimum absolute atomic E-state index is 0.0693. The Hall–Kier alpha value is -2.64. The van der Waals surface area contributed by atoms with E-state index in [4.69, 9.17) is 9.47 Å². The molecule has 3 amide bonds. The van der Waals surface area contributed by atoms with Crippen molar-refractivity contribution in [3.05, 3.63) is 30.1 Å². The number of nitrogens with one attached hydrogen (secondary N) is 2. The van der Waals surface area contributed by atoms with E-state index in [1.165, 1.54) is 25.1 Å². The van der Waals surface area contributed by atoms with Crippen LogP contribution in [0, 0.1) is 5.82 Å². The minimum Gasteiger partial charge on any atom is -0.479 e. The fourth-order valence-electron chi connectivity index (χ4n) is 2.49. The molecule has 136 valence electrons. The second-order valence-electron chi connectivity index (χ2n) is 5.80. The molecule has 0 aliphatic heterocycles. The van der Waals surface area contributed by atoms with E-state index in [1.807, 2.05) is 0 Å². The summed E-state index contributed by atoms with van der Waals surface area (Å²) >= 11 is 0. The van der Waals surface area contributed by atoms with Crippen molar-refractivity contribution >= 4 is 17.9 Å². The van der Waals surface area contributed by atoms with Gasteiger partial charge in [-0.1, -0.05) is 25.0 Å². The Labute approximate surface area is 144 Å². The van der Waals surface area contributed by atoms with Crippen molar-refractivity contribution in [1.29, 1.82) is 0 Å². The van der Waals surface area contributed by atoms with Crippen LogP contribution in [0.1, 0.15) is 32.6 Å². The summed E-state index contributed by atoms with van der Waals surface area (Å²) in [5.41, 5.74) is 0. The standard InChI is InChI=1S/C17H21FN2O5/c1-11(16(22)20-17(23)19-12-6-2-3-7-12)25-15(21)10-24-14-9-5-4-8-13(14)18/h4-5,8-9,11-12H,2-3,6-7,10H2,1H3,(H2,19,20,22,23). The normalized spacial score (nSPS) is 15.3. The van der Waals surface area contributed by atoms with E-state index in [1.54, 1.807) is 6.07 Å². The number of hydrogen-bond acceptors (Lipinski definition) is 5. The quantitative estimate of drug-likeness (QED) is 0.763. The molecule has 1 aromatic rings. The van der Waals surface area contributed by atoms with Gasteiger partial charge in [0.1, 0.15) is 0 Å². The summed E-state index contributed by atoms with van der Waals surface area (Å²) in [7, 11) is 0. The maximum atomic E-state index is 13.4. The van der Waals surface area contributed by atoms with Gasteiger partial charge in [-0.05, 0) is 31.9 Å². The molecule has 7 nitrogen and oxygen atoms in total. The Bertz CT molecular complexity index is 631. The molecule has 25 heavy (non-hydrogen) atoms. The molecule has 1 aliphatic carbocycles. The first-order valence-electron chi connectivity index (χ1n) is 8.14. The maximum absolute atomic E-state index is 13.4. The molecular formula is C17H21FN2O5. The fourth-order valence-corrected chi connectivity index (χ4v) is 2.49. The Morgan fingerprint density at radius 3 is 2.60 bits per heavy atom. The van der Waals surface area contributed by atoms with Gasteiger partial charge in [0.15, 0.2) is 24.3 Å². The van der Waals surface area contributed by atoms with Crippen LogP contribution in [-0.2, 0) is 14.3 Å². The lowest BCUT2D eigenvalue weighted by Gasteiger charge is -2.15. The zero-order valence-electron chi connectivity index (χ0n) is 13.9. The van der Waals surface area contributed by atoms with Crippen molar-refractivity contribution in [3.63, 3.8) is 0 Å². The highest BCUT2D eigenvalue weighted by Gasteiger charge is 2.22. The van der Waals surface area contributed by atoms with Crippen LogP contribution in [0.25, 0.3) is 0 Å². The first-order valence-corrected chi connectivity index (χ1v) is 8.14. The number of carbonyl (C=O) groups excluding carboxylic acids is 3. The molecule has 1 saturated carbocycles. The summed E-state index contributed by atoms with van der Waals surface area (Å²) in [6.07, 6.45) is 2.70. The van der Waals surface area contributed by atoms with Gasteiger partial charge >= 0.3 is 12.0 Å². The van der Waals surface area contributed by atoms with E-state index in [-0.39, 0.29) is 11.8 Å². The van der Waals surface area contributed by atoms with Crippen LogP contribution >= 0.6 is 0 Å². The summed E-state index contributed by atoms with van der Waals surface area (Å²) in [6, 6.07) is 5.07. The predicted octanol–water partition coefficient (Wildman–Crippen LogP) is 1.90. The van der Waals surface area contributed by atoms with E-state index in [0.29, 0.717) is 0 Å². The topological polar surface area (TPSA) is 93.7 Å². The average molecular weight is 352 g/mol. The molecule has 1 aliphatic rings. The predicted molar refractivity (Wildman–Crippen MR) is 86.4 cm³/mol. The molecule has 1 fully saturated rings. The lowest BCUT2D eigenvalue weighted by molar-refractivity contribution is -0.156. The molecule has 1 unspecified atom stereocenters. The maximum Gasteiger partial charge on any atom is 0.344 e. The molecule has 0 bridgehead atoms. The van der Waals surface area contributed by atoms with Crippen molar-refractivity contribution < 1.29 is 28.2 Å². The van der Waals surface area contributed by atoms with Crippen LogP contribution in [0.2, 0.25) is 0 Å². The second kappa shape index (κ2) is 9.00. The smallest absolute Gasteiger partial charge is 0.344 e. The third-order valence-corrected chi connectivity index (χ3v) is 3.79. The number of benzene rings is 1. The monoisotopic (exact) mass is 352 g/mol. The third-order valence-electron chi connectivity index (χ3n) is 3.79. The molecular weight excluding hydrogens is 331 g/mol. The molecule has 1 atom stereocenters. The summed E-state index contributed by atoms with van der Waals surface area (Å²) in [5.74, 6) is -2.28. The summed E-state index contributed by atoms with van der Waals surface area (Å²) in [4.78, 5) is 35.2. The molecule has 0 heterocycles. The number of ether oxygens (including phenoxy) is 2. The van der Waals surface area contributed by atoms with Gasteiger partial charge in [0.25, 0.3) is 5.91 Å². The lowest BCUT2D eigenvalue weighted by Crippen LogP contribution is -2.47. The number of halogens is 1. The summed E-state index contributed by atoms with van der Waals surface area (Å²) in [6.45, 7) is 0.784. The number of imide groups is 1. The van der Waals surface area contributed by atoms with Crippen LogP contribution in [-0.4, -0.2) is 36.7 Å². The van der Waals surface area contributed by atoms with E-state index < -0.39 is 36.4 Å². The number of carbonyl (C=O) groups is 3. The van der Waals surface area contributed by atoms with Crippen LogP contribution in [0.5, 0.6) is 5.75 Å². The largest absolute Gasteiger partial charge is 0.479 e. The molecule has 0 spiro atoms. The SMILES string of the molecule is CC(OC(=O)COc1ccccc1F)C(=O)NC(=O)NC1CCCC1. The molecule has 0 radical (unpaired) electrons. The first-order chi connectivity index (χ1) is 12.0. The van der Waals surface area contributed by atoms with Crippen LogP contribution < -0.4 is 15.4 Å². The Morgan fingerprint density at radius 2 is 1.92 bits per heavy atom. The number of amides is 3. The Balaban J connectivity index is 1.71. The number of rotatable bonds is 6. The van der Waals surface area contributed by atoms with Crippen LogP contribution in [0.3, 0.4) is 0 Å². The summed E-state index contributed by atoms with van der Waals surface area (Å²) < 4.78 is 23.2. The van der Waals surface area contributed by atoms with Crippen molar-refractivity contribution in [2.45, 2.75) is 44.8 Å². The summed E-state index contributed by atoms with van der Waals surface area (Å²) in [5, 5.41) is 4.82. The van der Waals surface area contributed by atoms with Crippen molar-refractivity contribution in [2.75, 3.05) is 6.61 Å². The first kappa shape index (κ1) is 18.7. The minimum atomic E-state index is -1.17. The van der Waals surface area contributed by atoms with E-state index in [0.717, 1.165) is 25.7 Å². The van der Waals surface area contributed by atoms with Crippen LogP contribution in [0.4, 0.5) is 9.18 Å². The number of urea groups is 1. The highest BCUT2D eigenvalue weighted by Crippen LogP contribution is 2.17. The van der Waals surface area contributed by atoms with Gasteiger partial charge in [0.05, 0.1) is 0 Å². The van der Waals surface area contributed by atoms with Gasteiger partial charge < -0.3 is 14.8 Å². The average Bonchev–Trinajstić information content (AvgIpc) is 3.06. The highest BCUT2D eigenvalue weighted by atomic mass is 19.1. The Kier molecular flexibility index (Phi) is 6.73. The molecule has 8 heteroatoms. The molecule has 2 N–H and O–H groups in total. The molecule has 0 saturated heterocycles. The van der Waals surface area contributed by atoms with Crippen molar-refractivity contribution in [1.82, 2.24) is 10.6 Å². The van der Waals surface area contributed by atoms with Gasteiger partial charge in [-0.25, -0.2) is 14.0 Å². The molecule has 0 aromatic heterocycles. The zero-order chi connectivity index (χ0) is 18.2. The zero-order valence-corrected chi connectivity index (χ0v) is 13.9. The third kappa shape index (κ3) is 6.06. The fraction of sp³-hybridized carbons (Fsp3) is 0.471. The number of hydrogen-bond donors (Lipinski definition) is 2. The van der Waals surface area contributed by atoms with Gasteiger partial charge in [0.2, 0.25) is 0 Å². The van der Waals surface area contributed by atoms with Crippen molar-refractivity contribution in [3.8, 4) is 5.75 Å². The van der Waals surface area contributed by atoms with Gasteiger partial charge in [-0.3, -0.25) is 10.1 Å². The molecule has 2 rings (SSSR count). The van der Waals surface area contributed by atoms with Crippen molar-refractivity contribution in [2.24, 2.45) is 0 Å². The second-order valence-corrected chi connectivity index (χ2v) is 5.80. The lowest BCUT2D eigenvalue weighted by atomic mass is 10.2. The number of esters is 1. The van der Waals surface area contributed by atoms with E-state index >= 15 is 0 Å². The van der Waals surface area contributed by atoms with E-state index in [2.05, 4.69) is 10.6 Å². The molecule has 1 aromatic carbocycles. The van der Waals surface area contributed by atoms with Gasteiger partial charge in [0, 0.05) is 6.04 Å². The highest BCUT2D eigenvalue weighted by molar-refractivity contribution is 5.97. The van der Waals surface area contributed by atoms with Gasteiger partial charge in [-0.15, -0.1) is 0 Å². The van der Waals surface area contributed by atoms with Gasteiger partial charge in [-0.2, -0.15) is 0 Å². The van der Waals surface area contributed by atoms with E-state index in [9.17, 15) is 18.8 Å². The van der Waals surface area contributed by atoms with Crippen LogP contribution in [0.15, 0.2) is 24.3 Å². The number of para-hydroxylation sites is 1.